The number of methoxy groups -OCH3 is 1. The number of aliphatic hydroxyl groups is 1. The maximum Gasteiger partial charge on any atom is 0.226 e. The highest BCUT2D eigenvalue weighted by Crippen LogP contribution is 2.50. The van der Waals surface area contributed by atoms with Crippen LogP contribution in [0.2, 0.25) is 0 Å². The average Bonchev–Trinajstić information content (AvgIpc) is 3.26. The number of rotatable bonds is 6. The third-order valence-corrected chi connectivity index (χ3v) is 8.96. The lowest BCUT2D eigenvalue weighted by atomic mass is 9.68. The first kappa shape index (κ1) is 26.5. The van der Waals surface area contributed by atoms with Crippen molar-refractivity contribution in [2.24, 2.45) is 7.05 Å². The van der Waals surface area contributed by atoms with E-state index in [1.807, 2.05) is 47.4 Å². The molecule has 4 aromatic rings. The summed E-state index contributed by atoms with van der Waals surface area (Å²) in [6.07, 6.45) is 2.05. The average molecular weight is 542 g/mol. The number of hydrogen-bond donors (Lipinski definition) is 1. The summed E-state index contributed by atoms with van der Waals surface area (Å²) in [5, 5.41) is 11.9. The minimum Gasteiger partial charge on any atom is -0.497 e. The normalized spacial score (nSPS) is 18.7. The summed E-state index contributed by atoms with van der Waals surface area (Å²) in [5.41, 5.74) is 5.15. The minimum absolute atomic E-state index is 0.0403. The molecule has 3 heterocycles. The molecule has 7 heteroatoms. The Bertz CT molecular complexity index is 1520. The number of hydrogen-bond acceptors (Lipinski definition) is 4. The molecule has 6 rings (SSSR count). The molecule has 0 bridgehead atoms. The number of carbonyl (C=O) groups excluding carboxylic acids is 1. The molecule has 6 nitrogen and oxygen atoms in total. The van der Waals surface area contributed by atoms with E-state index >= 15 is 0 Å². The molecule has 2 aliphatic rings. The molecule has 1 amide bonds. The summed E-state index contributed by atoms with van der Waals surface area (Å²) in [6, 6.07) is 22.6. The van der Waals surface area contributed by atoms with Crippen LogP contribution in [0.5, 0.6) is 5.75 Å². The fourth-order valence-corrected chi connectivity index (χ4v) is 6.97. The van der Waals surface area contributed by atoms with Crippen LogP contribution in [0.15, 0.2) is 72.8 Å². The van der Waals surface area contributed by atoms with Gasteiger partial charge in [0, 0.05) is 55.8 Å². The maximum absolute atomic E-state index is 14.1. The van der Waals surface area contributed by atoms with Gasteiger partial charge in [0.2, 0.25) is 5.91 Å². The minimum atomic E-state index is -0.257. The van der Waals surface area contributed by atoms with E-state index in [2.05, 4.69) is 28.6 Å². The van der Waals surface area contributed by atoms with E-state index in [1.165, 1.54) is 17.0 Å². The van der Waals surface area contributed by atoms with E-state index in [1.54, 1.807) is 19.2 Å². The summed E-state index contributed by atoms with van der Waals surface area (Å²) in [4.78, 5) is 17.5. The number of aromatic nitrogens is 1. The molecule has 1 aromatic heterocycles. The van der Waals surface area contributed by atoms with Crippen molar-refractivity contribution in [3.63, 3.8) is 0 Å². The van der Waals surface area contributed by atoms with Gasteiger partial charge < -0.3 is 19.3 Å². The van der Waals surface area contributed by atoms with Gasteiger partial charge in [-0.25, -0.2) is 4.39 Å². The van der Waals surface area contributed by atoms with Crippen molar-refractivity contribution in [1.82, 2.24) is 14.4 Å². The number of nitrogens with zero attached hydrogens (tertiary/aromatic N) is 3. The van der Waals surface area contributed by atoms with Gasteiger partial charge in [-0.05, 0) is 53.8 Å². The van der Waals surface area contributed by atoms with Crippen LogP contribution < -0.4 is 4.74 Å². The van der Waals surface area contributed by atoms with Crippen molar-refractivity contribution in [3.05, 3.63) is 101 Å². The topological polar surface area (TPSA) is 57.9 Å². The van der Waals surface area contributed by atoms with Gasteiger partial charge in [-0.3, -0.25) is 9.69 Å². The molecule has 0 saturated carbocycles. The lowest BCUT2D eigenvalue weighted by molar-refractivity contribution is -0.132. The third kappa shape index (κ3) is 4.67. The summed E-state index contributed by atoms with van der Waals surface area (Å²) in [6.45, 7) is 2.57. The molecule has 0 unspecified atom stereocenters. The van der Waals surface area contributed by atoms with Crippen molar-refractivity contribution in [3.8, 4) is 5.75 Å². The molecule has 1 fully saturated rings. The molecule has 3 aromatic carbocycles. The molecule has 0 aliphatic carbocycles. The molecule has 208 valence electrons. The summed E-state index contributed by atoms with van der Waals surface area (Å²) >= 11 is 0. The lowest BCUT2D eigenvalue weighted by Crippen LogP contribution is -2.54. The first-order chi connectivity index (χ1) is 19.4. The quantitative estimate of drug-likeness (QED) is 0.374. The molecule has 1 saturated heterocycles. The zero-order chi connectivity index (χ0) is 27.9. The van der Waals surface area contributed by atoms with Gasteiger partial charge in [0.1, 0.15) is 11.6 Å². The highest BCUT2D eigenvalue weighted by molar-refractivity contribution is 5.89. The van der Waals surface area contributed by atoms with Gasteiger partial charge >= 0.3 is 0 Å². The Morgan fingerprint density at radius 2 is 1.77 bits per heavy atom. The van der Waals surface area contributed by atoms with E-state index in [0.29, 0.717) is 26.1 Å². The Balaban J connectivity index is 1.38. The Morgan fingerprint density at radius 3 is 2.48 bits per heavy atom. The smallest absolute Gasteiger partial charge is 0.226 e. The standard InChI is InChI=1S/C33H36FN3O3/c1-35-28-19-26(40-2)11-12-27(28)31-32(35)29(21-38)37(20-24-9-6-10-25(34)17-24)22-33(31)13-15-36(16-14-33)30(39)18-23-7-4-3-5-8-23/h3-12,17,19,29,38H,13-16,18,20-22H2,1-2H3/t29-/m1/s1. The van der Waals surface area contributed by atoms with Crippen LogP contribution in [-0.2, 0) is 30.2 Å². The molecule has 1 N–H and O–H groups in total. The summed E-state index contributed by atoms with van der Waals surface area (Å²) < 4.78 is 21.9. The van der Waals surface area contributed by atoms with Gasteiger partial charge in [-0.1, -0.05) is 42.5 Å². The van der Waals surface area contributed by atoms with E-state index in [-0.39, 0.29) is 29.8 Å². The maximum atomic E-state index is 14.1. The highest BCUT2D eigenvalue weighted by Gasteiger charge is 2.48. The number of aryl methyl sites for hydroxylation is 1. The Hall–Kier alpha value is -3.68. The van der Waals surface area contributed by atoms with E-state index in [0.717, 1.165) is 47.5 Å². The van der Waals surface area contributed by atoms with Gasteiger partial charge in [0.25, 0.3) is 0 Å². The van der Waals surface area contributed by atoms with Crippen LogP contribution in [0, 0.1) is 5.82 Å². The molecule has 2 aliphatic heterocycles. The second-order valence-electron chi connectivity index (χ2n) is 11.3. The van der Waals surface area contributed by atoms with Crippen LogP contribution in [-0.4, -0.2) is 58.7 Å². The molecule has 1 spiro atoms. The number of fused-ring (bicyclic) bond motifs is 4. The van der Waals surface area contributed by atoms with Crippen molar-refractivity contribution >= 4 is 16.8 Å². The first-order valence-electron chi connectivity index (χ1n) is 14.0. The van der Waals surface area contributed by atoms with Crippen LogP contribution in [0.25, 0.3) is 10.9 Å². The van der Waals surface area contributed by atoms with Crippen molar-refractivity contribution in [2.75, 3.05) is 33.4 Å². The first-order valence-corrected chi connectivity index (χ1v) is 14.0. The van der Waals surface area contributed by atoms with Gasteiger partial charge in [0.05, 0.1) is 31.7 Å². The Morgan fingerprint density at radius 1 is 1.02 bits per heavy atom. The van der Waals surface area contributed by atoms with Gasteiger partial charge in [0.15, 0.2) is 0 Å². The fraction of sp³-hybridized carbons (Fsp3) is 0.364. The SMILES string of the molecule is COc1ccc2c3c(n(C)c2c1)[C@@H](CO)N(Cc1cccc(F)c1)CC31CCN(C(=O)Cc2ccccc2)CC1. The van der Waals surface area contributed by atoms with Crippen LogP contribution in [0.1, 0.15) is 41.3 Å². The number of benzene rings is 3. The van der Waals surface area contributed by atoms with Crippen LogP contribution in [0.3, 0.4) is 0 Å². The zero-order valence-corrected chi connectivity index (χ0v) is 23.1. The van der Waals surface area contributed by atoms with E-state index in [9.17, 15) is 14.3 Å². The Kier molecular flexibility index (Phi) is 7.11. The zero-order valence-electron chi connectivity index (χ0n) is 23.1. The number of amides is 1. The predicted molar refractivity (Wildman–Crippen MR) is 154 cm³/mol. The lowest BCUT2D eigenvalue weighted by Gasteiger charge is -2.50. The largest absolute Gasteiger partial charge is 0.497 e. The number of piperidine rings is 1. The predicted octanol–water partition coefficient (Wildman–Crippen LogP) is 4.98. The number of aliphatic hydroxyl groups excluding tert-OH is 1. The fourth-order valence-electron chi connectivity index (χ4n) is 6.97. The molecule has 1 atom stereocenters. The van der Waals surface area contributed by atoms with E-state index in [4.69, 9.17) is 4.74 Å². The number of likely N-dealkylation sites (tertiary alicyclic amines) is 1. The van der Waals surface area contributed by atoms with Crippen LogP contribution >= 0.6 is 0 Å². The second-order valence-corrected chi connectivity index (χ2v) is 11.3. The molecule has 40 heavy (non-hydrogen) atoms. The van der Waals surface area contributed by atoms with E-state index < -0.39 is 0 Å². The monoisotopic (exact) mass is 541 g/mol. The highest BCUT2D eigenvalue weighted by atomic mass is 19.1. The van der Waals surface area contributed by atoms with Crippen molar-refractivity contribution in [2.45, 2.75) is 37.3 Å². The van der Waals surface area contributed by atoms with Crippen LogP contribution in [0.4, 0.5) is 4.39 Å². The third-order valence-electron chi connectivity index (χ3n) is 8.96. The van der Waals surface area contributed by atoms with Gasteiger partial charge in [-0.2, -0.15) is 0 Å². The number of ether oxygens (including phenoxy) is 1. The molecular weight excluding hydrogens is 505 g/mol. The summed E-state index contributed by atoms with van der Waals surface area (Å²) in [5.74, 6) is 0.690. The molecular formula is C33H36FN3O3. The number of carbonyl (C=O) groups is 1. The second kappa shape index (κ2) is 10.7. The molecule has 0 radical (unpaired) electrons. The summed E-state index contributed by atoms with van der Waals surface area (Å²) in [7, 11) is 3.73. The van der Waals surface area contributed by atoms with Crippen molar-refractivity contribution < 1.29 is 19.0 Å². The number of halogens is 1. The van der Waals surface area contributed by atoms with Gasteiger partial charge in [-0.15, -0.1) is 0 Å². The van der Waals surface area contributed by atoms with Crippen molar-refractivity contribution in [1.29, 1.82) is 0 Å². The Labute approximate surface area is 234 Å².